The Balaban J connectivity index is 1.68. The van der Waals surface area contributed by atoms with Crippen molar-refractivity contribution in [2.45, 2.75) is 26.8 Å². The fraction of sp³-hybridized carbons (Fsp3) is 0.579. The van der Waals surface area contributed by atoms with Gasteiger partial charge in [-0.3, -0.25) is 19.9 Å². The fourth-order valence-electron chi connectivity index (χ4n) is 2.87. The first-order chi connectivity index (χ1) is 12.6. The molecule has 144 valence electrons. The first-order valence-corrected chi connectivity index (χ1v) is 9.34. The topological polar surface area (TPSA) is 73.9 Å². The van der Waals surface area contributed by atoms with E-state index >= 15 is 0 Å². The molecule has 1 heterocycles. The molecule has 3 amide bonds. The second kappa shape index (κ2) is 10.8. The van der Waals surface area contributed by atoms with Crippen molar-refractivity contribution in [1.29, 1.82) is 0 Å². The summed E-state index contributed by atoms with van der Waals surface area (Å²) in [4.78, 5) is 27.9. The number of rotatable bonds is 8. The molecule has 0 aromatic heterocycles. The summed E-state index contributed by atoms with van der Waals surface area (Å²) in [7, 11) is 0. The molecule has 1 aliphatic heterocycles. The van der Waals surface area contributed by atoms with Crippen LogP contribution >= 0.6 is 0 Å². The lowest BCUT2D eigenvalue weighted by Gasteiger charge is -2.34. The Labute approximate surface area is 155 Å². The minimum Gasteiger partial charge on any atom is -0.494 e. The number of benzene rings is 1. The van der Waals surface area contributed by atoms with Gasteiger partial charge in [0, 0.05) is 39.3 Å². The van der Waals surface area contributed by atoms with Gasteiger partial charge in [0.05, 0.1) is 13.2 Å². The molecule has 2 N–H and O–H groups in total. The molecule has 2 rings (SSSR count). The number of hydrogen-bond acceptors (Lipinski definition) is 5. The van der Waals surface area contributed by atoms with E-state index in [1.165, 1.54) is 5.56 Å². The third kappa shape index (κ3) is 7.01. The standard InChI is InChI=1S/C19H30N4O3/c1-3-9-20-19(25)21-18(24)15-23-12-10-22(11-13-23)14-16-5-7-17(8-6-16)26-4-2/h5-8H,3-4,9-15H2,1-2H3,(H2,20,21,24,25). The lowest BCUT2D eigenvalue weighted by Crippen LogP contribution is -2.50. The largest absolute Gasteiger partial charge is 0.494 e. The number of amides is 3. The van der Waals surface area contributed by atoms with Crippen LogP contribution in [0, 0.1) is 0 Å². The van der Waals surface area contributed by atoms with Crippen molar-refractivity contribution in [3.63, 3.8) is 0 Å². The molecule has 0 unspecified atom stereocenters. The molecule has 0 bridgehead atoms. The van der Waals surface area contributed by atoms with E-state index in [0.29, 0.717) is 13.2 Å². The predicted octanol–water partition coefficient (Wildman–Crippen LogP) is 1.44. The number of nitrogens with zero attached hydrogens (tertiary/aromatic N) is 2. The van der Waals surface area contributed by atoms with Crippen LogP contribution in [0.4, 0.5) is 4.79 Å². The smallest absolute Gasteiger partial charge is 0.321 e. The molecule has 0 saturated carbocycles. The Hall–Kier alpha value is -2.12. The number of carbonyl (C=O) groups excluding carboxylic acids is 2. The van der Waals surface area contributed by atoms with Gasteiger partial charge in [-0.25, -0.2) is 4.79 Å². The van der Waals surface area contributed by atoms with E-state index in [1.807, 2.05) is 26.0 Å². The Bertz CT molecular complexity index is 569. The molecule has 1 fully saturated rings. The summed E-state index contributed by atoms with van der Waals surface area (Å²) in [5.41, 5.74) is 1.26. The normalized spacial score (nSPS) is 15.5. The minimum absolute atomic E-state index is 0.251. The number of nitrogens with one attached hydrogen (secondary N) is 2. The van der Waals surface area contributed by atoms with Gasteiger partial charge in [0.25, 0.3) is 0 Å². The second-order valence-electron chi connectivity index (χ2n) is 6.43. The van der Waals surface area contributed by atoms with Crippen molar-refractivity contribution in [2.75, 3.05) is 45.9 Å². The van der Waals surface area contributed by atoms with Crippen LogP contribution in [0.15, 0.2) is 24.3 Å². The summed E-state index contributed by atoms with van der Waals surface area (Å²) in [6.07, 6.45) is 0.845. The van der Waals surface area contributed by atoms with Gasteiger partial charge < -0.3 is 10.1 Å². The number of urea groups is 1. The van der Waals surface area contributed by atoms with Crippen LogP contribution in [-0.2, 0) is 11.3 Å². The van der Waals surface area contributed by atoms with Gasteiger partial charge >= 0.3 is 6.03 Å². The van der Waals surface area contributed by atoms with Crippen LogP contribution in [0.1, 0.15) is 25.8 Å². The van der Waals surface area contributed by atoms with E-state index in [0.717, 1.165) is 44.9 Å². The van der Waals surface area contributed by atoms with Crippen LogP contribution in [0.5, 0.6) is 5.75 Å². The van der Waals surface area contributed by atoms with Gasteiger partial charge in [0.15, 0.2) is 0 Å². The molecule has 26 heavy (non-hydrogen) atoms. The zero-order valence-electron chi connectivity index (χ0n) is 15.8. The average molecular weight is 362 g/mol. The van der Waals surface area contributed by atoms with E-state index in [1.54, 1.807) is 0 Å². The molecule has 0 radical (unpaired) electrons. The number of imide groups is 1. The van der Waals surface area contributed by atoms with Gasteiger partial charge in [0.1, 0.15) is 5.75 Å². The summed E-state index contributed by atoms with van der Waals surface area (Å²) >= 11 is 0. The Morgan fingerprint density at radius 3 is 2.31 bits per heavy atom. The molecule has 0 spiro atoms. The highest BCUT2D eigenvalue weighted by atomic mass is 16.5. The zero-order valence-corrected chi connectivity index (χ0v) is 15.8. The minimum atomic E-state index is -0.411. The number of piperazine rings is 1. The third-order valence-electron chi connectivity index (χ3n) is 4.26. The number of ether oxygens (including phenoxy) is 1. The van der Waals surface area contributed by atoms with Crippen LogP contribution < -0.4 is 15.4 Å². The van der Waals surface area contributed by atoms with Gasteiger partial charge in [-0.05, 0) is 31.0 Å². The van der Waals surface area contributed by atoms with Crippen LogP contribution in [-0.4, -0.2) is 67.6 Å². The maximum absolute atomic E-state index is 11.9. The molecule has 1 aromatic rings. The highest BCUT2D eigenvalue weighted by Crippen LogP contribution is 2.14. The Kier molecular flexibility index (Phi) is 8.37. The summed E-state index contributed by atoms with van der Waals surface area (Å²) < 4.78 is 5.46. The lowest BCUT2D eigenvalue weighted by atomic mass is 10.2. The van der Waals surface area contributed by atoms with Crippen molar-refractivity contribution < 1.29 is 14.3 Å². The van der Waals surface area contributed by atoms with Crippen molar-refractivity contribution >= 4 is 11.9 Å². The van der Waals surface area contributed by atoms with Crippen molar-refractivity contribution in [2.24, 2.45) is 0 Å². The molecule has 0 atom stereocenters. The Morgan fingerprint density at radius 2 is 1.69 bits per heavy atom. The van der Waals surface area contributed by atoms with E-state index in [4.69, 9.17) is 4.74 Å². The van der Waals surface area contributed by atoms with Crippen molar-refractivity contribution in [3.05, 3.63) is 29.8 Å². The maximum Gasteiger partial charge on any atom is 0.321 e. The SMILES string of the molecule is CCCNC(=O)NC(=O)CN1CCN(Cc2ccc(OCC)cc2)CC1. The van der Waals surface area contributed by atoms with Crippen LogP contribution in [0.25, 0.3) is 0 Å². The van der Waals surface area contributed by atoms with E-state index in [9.17, 15) is 9.59 Å². The molecule has 1 aliphatic rings. The van der Waals surface area contributed by atoms with Gasteiger partial charge in [-0.1, -0.05) is 19.1 Å². The van der Waals surface area contributed by atoms with Crippen LogP contribution in [0.3, 0.4) is 0 Å². The molecule has 7 heteroatoms. The number of hydrogen-bond donors (Lipinski definition) is 2. The molecule has 1 aromatic carbocycles. The van der Waals surface area contributed by atoms with E-state index < -0.39 is 6.03 Å². The molecule has 7 nitrogen and oxygen atoms in total. The maximum atomic E-state index is 11.9. The van der Waals surface area contributed by atoms with Gasteiger partial charge in [0.2, 0.25) is 5.91 Å². The Morgan fingerprint density at radius 1 is 1.04 bits per heavy atom. The zero-order chi connectivity index (χ0) is 18.8. The summed E-state index contributed by atoms with van der Waals surface area (Å²) in [5, 5.41) is 5.01. The predicted molar refractivity (Wildman–Crippen MR) is 101 cm³/mol. The molecular weight excluding hydrogens is 332 g/mol. The number of carbonyl (C=O) groups is 2. The fourth-order valence-corrected chi connectivity index (χ4v) is 2.87. The van der Waals surface area contributed by atoms with Gasteiger partial charge in [-0.15, -0.1) is 0 Å². The molecular formula is C19H30N4O3. The van der Waals surface area contributed by atoms with E-state index in [-0.39, 0.29) is 12.5 Å². The quantitative estimate of drug-likeness (QED) is 0.732. The molecule has 0 aliphatic carbocycles. The summed E-state index contributed by atoms with van der Waals surface area (Å²) in [6.45, 7) is 9.80. The van der Waals surface area contributed by atoms with Crippen molar-refractivity contribution in [1.82, 2.24) is 20.4 Å². The lowest BCUT2D eigenvalue weighted by molar-refractivity contribution is -0.121. The van der Waals surface area contributed by atoms with E-state index in [2.05, 4.69) is 32.6 Å². The first-order valence-electron chi connectivity index (χ1n) is 9.34. The van der Waals surface area contributed by atoms with Gasteiger partial charge in [-0.2, -0.15) is 0 Å². The monoisotopic (exact) mass is 362 g/mol. The highest BCUT2D eigenvalue weighted by Gasteiger charge is 2.19. The second-order valence-corrected chi connectivity index (χ2v) is 6.43. The summed E-state index contributed by atoms with van der Waals surface area (Å²) in [6, 6.07) is 7.79. The highest BCUT2D eigenvalue weighted by molar-refractivity contribution is 5.95. The summed E-state index contributed by atoms with van der Waals surface area (Å²) in [5.74, 6) is 0.647. The van der Waals surface area contributed by atoms with Crippen LogP contribution in [0.2, 0.25) is 0 Å². The average Bonchev–Trinajstić information content (AvgIpc) is 2.63. The molecule has 1 saturated heterocycles. The van der Waals surface area contributed by atoms with Crippen molar-refractivity contribution in [3.8, 4) is 5.75 Å². The first kappa shape index (κ1) is 20.2. The third-order valence-corrected chi connectivity index (χ3v) is 4.26.